The third kappa shape index (κ3) is 5.54. The van der Waals surface area contributed by atoms with Crippen LogP contribution in [0.1, 0.15) is 40.2 Å². The number of aliphatic imine (C=N–C) groups is 1. The van der Waals surface area contributed by atoms with E-state index in [2.05, 4.69) is 34.8 Å². The molecule has 0 spiro atoms. The number of guanidine groups is 1. The second kappa shape index (κ2) is 7.85. The topological polar surface area (TPSA) is 84.0 Å². The normalized spacial score (nSPS) is 14.2. The lowest BCUT2D eigenvalue weighted by Crippen LogP contribution is -2.49. The lowest BCUT2D eigenvalue weighted by atomic mass is 9.84. The molecular formula is C19H30N4O3. The standard InChI is InChI=1S/C19H30N4O3/c1-18(2,3)23-16(24)10-21-17(20-6)22-11-19(4,5)13-7-8-14-15(9-13)26-12-25-14/h7-9H,10-12H2,1-6H3,(H,23,24)(H2,20,21,22). The lowest BCUT2D eigenvalue weighted by molar-refractivity contribution is -0.121. The molecule has 0 aliphatic carbocycles. The van der Waals surface area contributed by atoms with Gasteiger partial charge in [0.1, 0.15) is 0 Å². The van der Waals surface area contributed by atoms with Crippen molar-refractivity contribution in [2.45, 2.75) is 45.6 Å². The highest BCUT2D eigenvalue weighted by atomic mass is 16.7. The Morgan fingerprint density at radius 2 is 1.81 bits per heavy atom. The summed E-state index contributed by atoms with van der Waals surface area (Å²) in [5.74, 6) is 2.06. The molecule has 0 atom stereocenters. The summed E-state index contributed by atoms with van der Waals surface area (Å²) in [7, 11) is 1.69. The molecule has 144 valence electrons. The van der Waals surface area contributed by atoms with Crippen molar-refractivity contribution in [3.63, 3.8) is 0 Å². The summed E-state index contributed by atoms with van der Waals surface area (Å²) in [6.07, 6.45) is 0. The molecule has 0 saturated heterocycles. The van der Waals surface area contributed by atoms with E-state index in [0.717, 1.165) is 17.1 Å². The van der Waals surface area contributed by atoms with Gasteiger partial charge >= 0.3 is 0 Å². The first-order valence-electron chi connectivity index (χ1n) is 8.76. The van der Waals surface area contributed by atoms with E-state index >= 15 is 0 Å². The van der Waals surface area contributed by atoms with Crippen LogP contribution in [0.15, 0.2) is 23.2 Å². The highest BCUT2D eigenvalue weighted by Gasteiger charge is 2.24. The fraction of sp³-hybridized carbons (Fsp3) is 0.579. The third-order valence-electron chi connectivity index (χ3n) is 4.01. The van der Waals surface area contributed by atoms with Crippen molar-refractivity contribution in [3.05, 3.63) is 23.8 Å². The summed E-state index contributed by atoms with van der Waals surface area (Å²) in [6, 6.07) is 5.99. The summed E-state index contributed by atoms with van der Waals surface area (Å²) in [6.45, 7) is 11.2. The van der Waals surface area contributed by atoms with Gasteiger partial charge in [0.05, 0.1) is 6.54 Å². The minimum absolute atomic E-state index is 0.0736. The molecule has 1 heterocycles. The molecular weight excluding hydrogens is 332 g/mol. The average molecular weight is 362 g/mol. The minimum atomic E-state index is -0.253. The smallest absolute Gasteiger partial charge is 0.239 e. The minimum Gasteiger partial charge on any atom is -0.454 e. The molecule has 0 radical (unpaired) electrons. The van der Waals surface area contributed by atoms with Crippen molar-refractivity contribution in [1.29, 1.82) is 0 Å². The fourth-order valence-electron chi connectivity index (χ4n) is 2.57. The number of nitrogens with one attached hydrogen (secondary N) is 3. The van der Waals surface area contributed by atoms with Gasteiger partial charge in [0, 0.05) is 24.5 Å². The van der Waals surface area contributed by atoms with Crippen LogP contribution in [0.4, 0.5) is 0 Å². The highest BCUT2D eigenvalue weighted by Crippen LogP contribution is 2.36. The number of nitrogens with zero attached hydrogens (tertiary/aromatic N) is 1. The van der Waals surface area contributed by atoms with E-state index in [-0.39, 0.29) is 30.2 Å². The van der Waals surface area contributed by atoms with Gasteiger partial charge in [-0.25, -0.2) is 0 Å². The highest BCUT2D eigenvalue weighted by molar-refractivity contribution is 5.86. The van der Waals surface area contributed by atoms with E-state index in [1.807, 2.05) is 39.0 Å². The monoisotopic (exact) mass is 362 g/mol. The molecule has 26 heavy (non-hydrogen) atoms. The number of fused-ring (bicyclic) bond motifs is 1. The molecule has 1 aliphatic rings. The largest absolute Gasteiger partial charge is 0.454 e. The van der Waals surface area contributed by atoms with Crippen LogP contribution in [-0.2, 0) is 10.2 Å². The Kier molecular flexibility index (Phi) is 6.00. The first-order chi connectivity index (χ1) is 12.1. The zero-order valence-electron chi connectivity index (χ0n) is 16.5. The zero-order valence-corrected chi connectivity index (χ0v) is 16.5. The lowest BCUT2D eigenvalue weighted by Gasteiger charge is -2.27. The summed E-state index contributed by atoms with van der Waals surface area (Å²) in [4.78, 5) is 16.1. The molecule has 0 fully saturated rings. The first-order valence-corrected chi connectivity index (χ1v) is 8.76. The van der Waals surface area contributed by atoms with Crippen molar-refractivity contribution >= 4 is 11.9 Å². The molecule has 7 heteroatoms. The Hall–Kier alpha value is -2.44. The summed E-state index contributed by atoms with van der Waals surface area (Å²) >= 11 is 0. The van der Waals surface area contributed by atoms with Crippen LogP contribution in [-0.4, -0.2) is 44.3 Å². The summed E-state index contributed by atoms with van der Waals surface area (Å²) < 4.78 is 10.8. The van der Waals surface area contributed by atoms with E-state index in [9.17, 15) is 4.79 Å². The molecule has 1 aromatic rings. The van der Waals surface area contributed by atoms with Crippen LogP contribution in [0, 0.1) is 0 Å². The molecule has 0 unspecified atom stereocenters. The van der Waals surface area contributed by atoms with Gasteiger partial charge in [-0.2, -0.15) is 0 Å². The van der Waals surface area contributed by atoms with E-state index in [1.54, 1.807) is 7.05 Å². The SMILES string of the molecule is CN=C(NCC(=O)NC(C)(C)C)NCC(C)(C)c1ccc2c(c1)OCO2. The summed E-state index contributed by atoms with van der Waals surface area (Å²) in [5.41, 5.74) is 0.721. The van der Waals surface area contributed by atoms with E-state index < -0.39 is 0 Å². The number of hydrogen-bond donors (Lipinski definition) is 3. The van der Waals surface area contributed by atoms with Crippen molar-refractivity contribution in [1.82, 2.24) is 16.0 Å². The Bertz CT molecular complexity index is 678. The predicted molar refractivity (Wildman–Crippen MR) is 103 cm³/mol. The molecule has 0 aromatic heterocycles. The molecule has 7 nitrogen and oxygen atoms in total. The summed E-state index contributed by atoms with van der Waals surface area (Å²) in [5, 5.41) is 9.23. The Morgan fingerprint density at radius 3 is 2.46 bits per heavy atom. The number of rotatable bonds is 5. The van der Waals surface area contributed by atoms with Crippen molar-refractivity contribution in [3.8, 4) is 11.5 Å². The van der Waals surface area contributed by atoms with E-state index in [4.69, 9.17) is 9.47 Å². The molecule has 0 bridgehead atoms. The molecule has 2 rings (SSSR count). The van der Waals surface area contributed by atoms with Crippen molar-refractivity contribution in [2.75, 3.05) is 26.9 Å². The number of carbonyl (C=O) groups excluding carboxylic acids is 1. The first kappa shape index (κ1) is 19.9. The van der Waals surface area contributed by atoms with Gasteiger partial charge in [-0.1, -0.05) is 19.9 Å². The maximum absolute atomic E-state index is 11.9. The van der Waals surface area contributed by atoms with Gasteiger partial charge in [-0.05, 0) is 38.5 Å². The number of amides is 1. The Morgan fingerprint density at radius 1 is 1.12 bits per heavy atom. The molecule has 1 aromatic carbocycles. The van der Waals surface area contributed by atoms with Crippen LogP contribution in [0.3, 0.4) is 0 Å². The van der Waals surface area contributed by atoms with Gasteiger partial charge in [-0.3, -0.25) is 9.79 Å². The van der Waals surface area contributed by atoms with Crippen LogP contribution >= 0.6 is 0 Å². The van der Waals surface area contributed by atoms with Crippen LogP contribution in [0.5, 0.6) is 11.5 Å². The molecule has 0 saturated carbocycles. The fourth-order valence-corrected chi connectivity index (χ4v) is 2.57. The van der Waals surface area contributed by atoms with E-state index in [0.29, 0.717) is 12.5 Å². The van der Waals surface area contributed by atoms with Crippen molar-refractivity contribution < 1.29 is 14.3 Å². The Labute approximate surface area is 155 Å². The zero-order chi connectivity index (χ0) is 19.4. The Balaban J connectivity index is 1.89. The molecule has 3 N–H and O–H groups in total. The second-order valence-electron chi connectivity index (χ2n) is 8.03. The van der Waals surface area contributed by atoms with Gasteiger partial charge in [0.15, 0.2) is 17.5 Å². The average Bonchev–Trinajstić information content (AvgIpc) is 3.01. The number of hydrogen-bond acceptors (Lipinski definition) is 4. The molecule has 1 amide bonds. The van der Waals surface area contributed by atoms with Crippen LogP contribution in [0.25, 0.3) is 0 Å². The quantitative estimate of drug-likeness (QED) is 0.549. The number of benzene rings is 1. The number of ether oxygens (including phenoxy) is 2. The van der Waals surface area contributed by atoms with Gasteiger partial charge in [0.2, 0.25) is 12.7 Å². The van der Waals surface area contributed by atoms with Gasteiger partial charge in [-0.15, -0.1) is 0 Å². The second-order valence-corrected chi connectivity index (χ2v) is 8.03. The van der Waals surface area contributed by atoms with Crippen molar-refractivity contribution in [2.24, 2.45) is 4.99 Å². The number of carbonyl (C=O) groups is 1. The van der Waals surface area contributed by atoms with E-state index in [1.165, 1.54) is 0 Å². The molecule has 1 aliphatic heterocycles. The maximum atomic E-state index is 11.9. The van der Waals surface area contributed by atoms with Crippen LogP contribution < -0.4 is 25.4 Å². The predicted octanol–water partition coefficient (Wildman–Crippen LogP) is 1.77. The van der Waals surface area contributed by atoms with Crippen LogP contribution in [0.2, 0.25) is 0 Å². The third-order valence-corrected chi connectivity index (χ3v) is 4.01. The van der Waals surface area contributed by atoms with Gasteiger partial charge < -0.3 is 25.4 Å². The van der Waals surface area contributed by atoms with Gasteiger partial charge in [0.25, 0.3) is 0 Å². The maximum Gasteiger partial charge on any atom is 0.239 e.